The van der Waals surface area contributed by atoms with Gasteiger partial charge < -0.3 is 23.7 Å². The SMILES string of the molecule is CC(=O)OC[C@H]1O[C@H](SCC#N)[C@@H](OC(C)=O)[C@@H](OC(C)=O)[C@@H]1OC(C)=O. The Bertz CT molecular complexity index is 618. The van der Waals surface area contributed by atoms with Gasteiger partial charge in [-0.3, -0.25) is 19.2 Å². The summed E-state index contributed by atoms with van der Waals surface area (Å²) in [5, 5.41) is 8.83. The van der Waals surface area contributed by atoms with E-state index in [2.05, 4.69) is 0 Å². The highest BCUT2D eigenvalue weighted by atomic mass is 32.2. The minimum absolute atomic E-state index is 0.00621. The fraction of sp³-hybridized carbons (Fsp3) is 0.688. The van der Waals surface area contributed by atoms with Gasteiger partial charge in [-0.25, -0.2) is 0 Å². The van der Waals surface area contributed by atoms with Crippen LogP contribution in [-0.2, 0) is 42.9 Å². The summed E-state index contributed by atoms with van der Waals surface area (Å²) in [6, 6.07) is 1.92. The third-order valence-corrected chi connectivity index (χ3v) is 4.26. The molecule has 27 heavy (non-hydrogen) atoms. The molecule has 0 aromatic heterocycles. The lowest BCUT2D eigenvalue weighted by Gasteiger charge is -2.44. The molecule has 0 aromatic carbocycles. The minimum Gasteiger partial charge on any atom is -0.463 e. The Kier molecular flexibility index (Phi) is 9.04. The number of ether oxygens (including phenoxy) is 5. The molecule has 0 amide bonds. The molecule has 1 saturated heterocycles. The van der Waals surface area contributed by atoms with Gasteiger partial charge >= 0.3 is 23.9 Å². The van der Waals surface area contributed by atoms with Gasteiger partial charge in [0.1, 0.15) is 18.1 Å². The third-order valence-electron chi connectivity index (χ3n) is 3.26. The van der Waals surface area contributed by atoms with Crippen molar-refractivity contribution >= 4 is 35.6 Å². The molecule has 0 unspecified atom stereocenters. The molecule has 10 nitrogen and oxygen atoms in total. The molecule has 1 fully saturated rings. The Balaban J connectivity index is 3.25. The normalized spacial score (nSPS) is 27.0. The first kappa shape index (κ1) is 22.7. The summed E-state index contributed by atoms with van der Waals surface area (Å²) in [5.41, 5.74) is -0.912. The first-order valence-electron chi connectivity index (χ1n) is 7.94. The number of esters is 4. The van der Waals surface area contributed by atoms with Crippen LogP contribution in [0.15, 0.2) is 0 Å². The summed E-state index contributed by atoms with van der Waals surface area (Å²) in [6.07, 6.45) is -4.53. The number of hydrogen-bond acceptors (Lipinski definition) is 11. The van der Waals surface area contributed by atoms with Crippen LogP contribution in [0.4, 0.5) is 0 Å². The zero-order valence-corrected chi connectivity index (χ0v) is 16.1. The molecule has 0 bridgehead atoms. The van der Waals surface area contributed by atoms with E-state index in [9.17, 15) is 19.2 Å². The van der Waals surface area contributed by atoms with Crippen LogP contribution >= 0.6 is 11.8 Å². The van der Waals surface area contributed by atoms with Gasteiger partial charge in [0.05, 0.1) is 11.8 Å². The topological polar surface area (TPSA) is 138 Å². The quantitative estimate of drug-likeness (QED) is 0.429. The van der Waals surface area contributed by atoms with Crippen LogP contribution in [0.2, 0.25) is 0 Å². The maximum Gasteiger partial charge on any atom is 0.303 e. The Morgan fingerprint density at radius 1 is 0.889 bits per heavy atom. The smallest absolute Gasteiger partial charge is 0.303 e. The van der Waals surface area contributed by atoms with Crippen LogP contribution in [0.5, 0.6) is 0 Å². The van der Waals surface area contributed by atoms with Crippen LogP contribution in [0.25, 0.3) is 0 Å². The van der Waals surface area contributed by atoms with Crippen LogP contribution in [-0.4, -0.2) is 66.1 Å². The van der Waals surface area contributed by atoms with Gasteiger partial charge in [-0.15, -0.1) is 11.8 Å². The summed E-state index contributed by atoms with van der Waals surface area (Å²) in [6.45, 7) is 4.34. The standard InChI is InChI=1S/C16H21NO9S/c1-8(18)22-7-12-13(23-9(2)19)14(24-10(3)20)15(25-11(4)21)16(26-12)27-6-5-17/h12-16H,6-7H2,1-4H3/t12-,13-,14+,15+,16-/m1/s1. The Labute approximate surface area is 160 Å². The number of carbonyl (C=O) groups is 4. The summed E-state index contributed by atoms with van der Waals surface area (Å²) in [5.74, 6) is -2.67. The van der Waals surface area contributed by atoms with E-state index in [0.29, 0.717) is 0 Å². The van der Waals surface area contributed by atoms with E-state index in [0.717, 1.165) is 32.5 Å². The van der Waals surface area contributed by atoms with Crippen molar-refractivity contribution in [2.24, 2.45) is 0 Å². The summed E-state index contributed by atoms with van der Waals surface area (Å²) in [4.78, 5) is 45.8. The van der Waals surface area contributed by atoms with Gasteiger partial charge in [-0.05, 0) is 0 Å². The highest BCUT2D eigenvalue weighted by Gasteiger charge is 2.52. The third kappa shape index (κ3) is 7.44. The fourth-order valence-electron chi connectivity index (χ4n) is 2.44. The first-order chi connectivity index (χ1) is 12.6. The minimum atomic E-state index is -1.21. The molecule has 1 rings (SSSR count). The number of thioether (sulfide) groups is 1. The molecule has 0 spiro atoms. The Morgan fingerprint density at radius 3 is 1.89 bits per heavy atom. The van der Waals surface area contributed by atoms with E-state index in [-0.39, 0.29) is 12.4 Å². The van der Waals surface area contributed by atoms with E-state index in [4.69, 9.17) is 28.9 Å². The van der Waals surface area contributed by atoms with Crippen molar-refractivity contribution < 1.29 is 42.9 Å². The van der Waals surface area contributed by atoms with Gasteiger partial charge in [0.2, 0.25) is 0 Å². The maximum absolute atomic E-state index is 11.6. The Morgan fingerprint density at radius 2 is 1.41 bits per heavy atom. The summed E-state index contributed by atoms with van der Waals surface area (Å²) in [7, 11) is 0. The number of carbonyl (C=O) groups excluding carboxylic acids is 4. The number of hydrogen-bond donors (Lipinski definition) is 0. The molecule has 11 heteroatoms. The van der Waals surface area contributed by atoms with Crippen molar-refractivity contribution in [2.75, 3.05) is 12.4 Å². The van der Waals surface area contributed by atoms with Crippen molar-refractivity contribution in [3.8, 4) is 6.07 Å². The molecule has 1 aliphatic heterocycles. The molecule has 0 saturated carbocycles. The van der Waals surface area contributed by atoms with E-state index in [1.807, 2.05) is 6.07 Å². The average molecular weight is 403 g/mol. The monoisotopic (exact) mass is 403 g/mol. The molecule has 0 aliphatic carbocycles. The van der Waals surface area contributed by atoms with Gasteiger partial charge in [0, 0.05) is 27.7 Å². The van der Waals surface area contributed by atoms with Crippen LogP contribution in [0.1, 0.15) is 27.7 Å². The molecular formula is C16H21NO9S. The van der Waals surface area contributed by atoms with Gasteiger partial charge in [-0.1, -0.05) is 0 Å². The molecule has 150 valence electrons. The van der Waals surface area contributed by atoms with E-state index in [1.165, 1.54) is 6.92 Å². The second-order valence-electron chi connectivity index (χ2n) is 5.54. The summed E-state index contributed by atoms with van der Waals surface area (Å²) < 4.78 is 26.4. The van der Waals surface area contributed by atoms with Gasteiger partial charge in [0.15, 0.2) is 18.3 Å². The van der Waals surface area contributed by atoms with Crippen molar-refractivity contribution in [3.05, 3.63) is 0 Å². The van der Waals surface area contributed by atoms with E-state index >= 15 is 0 Å². The maximum atomic E-state index is 11.6. The zero-order chi connectivity index (χ0) is 20.6. The molecular weight excluding hydrogens is 382 g/mol. The van der Waals surface area contributed by atoms with E-state index < -0.39 is 53.7 Å². The predicted octanol–water partition coefficient (Wildman–Crippen LogP) is 0.326. The van der Waals surface area contributed by atoms with Crippen LogP contribution in [0, 0.1) is 11.3 Å². The Hall–Kier alpha value is -2.32. The highest BCUT2D eigenvalue weighted by Crippen LogP contribution is 2.34. The number of rotatable bonds is 7. The molecule has 0 N–H and O–H groups in total. The second-order valence-corrected chi connectivity index (χ2v) is 6.62. The first-order valence-corrected chi connectivity index (χ1v) is 8.99. The molecule has 5 atom stereocenters. The largest absolute Gasteiger partial charge is 0.463 e. The van der Waals surface area contributed by atoms with Crippen molar-refractivity contribution in [1.82, 2.24) is 0 Å². The van der Waals surface area contributed by atoms with Gasteiger partial charge in [-0.2, -0.15) is 5.26 Å². The average Bonchev–Trinajstić information content (AvgIpc) is 2.54. The molecule has 0 radical (unpaired) electrons. The fourth-order valence-corrected chi connectivity index (χ4v) is 3.30. The van der Waals surface area contributed by atoms with Crippen molar-refractivity contribution in [2.45, 2.75) is 57.5 Å². The predicted molar refractivity (Wildman–Crippen MR) is 90.0 cm³/mol. The van der Waals surface area contributed by atoms with Crippen LogP contribution < -0.4 is 0 Å². The molecule has 1 aliphatic rings. The lowest BCUT2D eigenvalue weighted by Crippen LogP contribution is -2.61. The van der Waals surface area contributed by atoms with Crippen molar-refractivity contribution in [1.29, 1.82) is 5.26 Å². The van der Waals surface area contributed by atoms with Crippen LogP contribution in [0.3, 0.4) is 0 Å². The second kappa shape index (κ2) is 10.7. The highest BCUT2D eigenvalue weighted by molar-refractivity contribution is 8.00. The van der Waals surface area contributed by atoms with Gasteiger partial charge in [0.25, 0.3) is 0 Å². The summed E-state index contributed by atoms with van der Waals surface area (Å²) >= 11 is 1.00. The number of nitriles is 1. The lowest BCUT2D eigenvalue weighted by atomic mass is 9.99. The van der Waals surface area contributed by atoms with E-state index in [1.54, 1.807) is 0 Å². The lowest BCUT2D eigenvalue weighted by molar-refractivity contribution is -0.237. The molecule has 1 heterocycles. The zero-order valence-electron chi connectivity index (χ0n) is 15.3. The number of nitrogens with zero attached hydrogens (tertiary/aromatic N) is 1. The molecule has 0 aromatic rings. The van der Waals surface area contributed by atoms with Crippen molar-refractivity contribution in [3.63, 3.8) is 0 Å².